The second kappa shape index (κ2) is 4.94. The fraction of sp³-hybridized carbons (Fsp3) is 0.909. The van der Waals surface area contributed by atoms with E-state index in [9.17, 15) is 4.79 Å². The van der Waals surface area contributed by atoms with Gasteiger partial charge in [-0.25, -0.2) is 0 Å². The first-order valence-corrected chi connectivity index (χ1v) is 5.72. The molecule has 15 heavy (non-hydrogen) atoms. The van der Waals surface area contributed by atoms with Gasteiger partial charge in [0.05, 0.1) is 6.04 Å². The molecule has 1 amide bonds. The molecule has 1 saturated heterocycles. The van der Waals surface area contributed by atoms with Gasteiger partial charge >= 0.3 is 0 Å². The van der Waals surface area contributed by atoms with E-state index in [0.29, 0.717) is 12.1 Å². The van der Waals surface area contributed by atoms with Gasteiger partial charge in [0.15, 0.2) is 0 Å². The lowest BCUT2D eigenvalue weighted by molar-refractivity contribution is -0.135. The summed E-state index contributed by atoms with van der Waals surface area (Å²) >= 11 is 0. The fourth-order valence-electron chi connectivity index (χ4n) is 2.00. The van der Waals surface area contributed by atoms with Gasteiger partial charge in [0.2, 0.25) is 5.91 Å². The van der Waals surface area contributed by atoms with Crippen LogP contribution in [0.15, 0.2) is 0 Å². The molecule has 1 rings (SSSR count). The highest BCUT2D eigenvalue weighted by Gasteiger charge is 2.29. The van der Waals surface area contributed by atoms with Crippen molar-refractivity contribution in [3.8, 4) is 0 Å². The lowest BCUT2D eigenvalue weighted by Crippen LogP contribution is -2.59. The molecule has 1 heterocycles. The molecule has 3 N–H and O–H groups in total. The third kappa shape index (κ3) is 3.18. The quantitative estimate of drug-likeness (QED) is 0.688. The van der Waals surface area contributed by atoms with Crippen molar-refractivity contribution in [2.45, 2.75) is 45.8 Å². The molecule has 0 spiro atoms. The molecule has 4 heteroatoms. The molecular formula is C11H23N3O. The molecule has 0 radical (unpaired) electrons. The summed E-state index contributed by atoms with van der Waals surface area (Å²) < 4.78 is 0. The summed E-state index contributed by atoms with van der Waals surface area (Å²) in [5.41, 5.74) is 5.87. The van der Waals surface area contributed by atoms with Crippen LogP contribution in [-0.4, -0.2) is 42.0 Å². The molecule has 0 aromatic heterocycles. The van der Waals surface area contributed by atoms with E-state index in [0.717, 1.165) is 13.1 Å². The van der Waals surface area contributed by atoms with Gasteiger partial charge in [-0.2, -0.15) is 0 Å². The minimum Gasteiger partial charge on any atom is -0.338 e. The Morgan fingerprint density at radius 3 is 2.20 bits per heavy atom. The Bertz CT molecular complexity index is 220. The summed E-state index contributed by atoms with van der Waals surface area (Å²) in [7, 11) is 0. The Balaban J connectivity index is 2.59. The average Bonchev–Trinajstić information content (AvgIpc) is 2.13. The van der Waals surface area contributed by atoms with Crippen LogP contribution in [0.1, 0.15) is 27.7 Å². The average molecular weight is 213 g/mol. The molecule has 4 nitrogen and oxygen atoms in total. The van der Waals surface area contributed by atoms with Crippen molar-refractivity contribution in [2.75, 3.05) is 13.1 Å². The highest BCUT2D eigenvalue weighted by molar-refractivity contribution is 5.82. The van der Waals surface area contributed by atoms with E-state index in [4.69, 9.17) is 5.73 Å². The van der Waals surface area contributed by atoms with Crippen LogP contribution in [-0.2, 0) is 4.79 Å². The first-order valence-electron chi connectivity index (χ1n) is 5.72. The molecule has 3 unspecified atom stereocenters. The van der Waals surface area contributed by atoms with Crippen LogP contribution < -0.4 is 11.1 Å². The molecule has 0 aliphatic carbocycles. The van der Waals surface area contributed by atoms with Gasteiger partial charge in [0, 0.05) is 25.2 Å². The molecule has 1 aliphatic heterocycles. The Morgan fingerprint density at radius 1 is 1.33 bits per heavy atom. The van der Waals surface area contributed by atoms with Crippen molar-refractivity contribution in [3.63, 3.8) is 0 Å². The summed E-state index contributed by atoms with van der Waals surface area (Å²) in [5.74, 6) is 0.295. The van der Waals surface area contributed by atoms with Crippen LogP contribution in [0.25, 0.3) is 0 Å². The van der Waals surface area contributed by atoms with E-state index in [1.165, 1.54) is 0 Å². The third-order valence-electron chi connectivity index (χ3n) is 2.87. The molecule has 0 bridgehead atoms. The number of carbonyl (C=O) groups is 1. The van der Waals surface area contributed by atoms with Crippen molar-refractivity contribution in [3.05, 3.63) is 0 Å². The van der Waals surface area contributed by atoms with E-state index in [2.05, 4.69) is 19.2 Å². The highest BCUT2D eigenvalue weighted by Crippen LogP contribution is 2.09. The number of amides is 1. The van der Waals surface area contributed by atoms with Crippen LogP contribution >= 0.6 is 0 Å². The number of piperazine rings is 1. The maximum Gasteiger partial charge on any atom is 0.239 e. The summed E-state index contributed by atoms with van der Waals surface area (Å²) in [4.78, 5) is 13.9. The molecule has 1 fully saturated rings. The lowest BCUT2D eigenvalue weighted by atomic mass is 10.0. The Hall–Kier alpha value is -0.610. The van der Waals surface area contributed by atoms with Crippen molar-refractivity contribution >= 4 is 5.91 Å². The molecule has 0 saturated carbocycles. The van der Waals surface area contributed by atoms with Crippen LogP contribution in [0.4, 0.5) is 0 Å². The molecular weight excluding hydrogens is 190 g/mol. The first-order chi connectivity index (χ1) is 6.91. The monoisotopic (exact) mass is 213 g/mol. The normalized spacial score (nSPS) is 29.3. The van der Waals surface area contributed by atoms with Crippen LogP contribution in [0.3, 0.4) is 0 Å². The van der Waals surface area contributed by atoms with E-state index >= 15 is 0 Å². The van der Waals surface area contributed by atoms with Gasteiger partial charge in [-0.15, -0.1) is 0 Å². The molecule has 1 aliphatic rings. The standard InChI is InChI=1S/C11H23N3O/c1-7(2)10(12)11(15)14-5-8(3)13-9(4)6-14/h7-10,13H,5-6,12H2,1-4H3. The predicted molar refractivity (Wildman–Crippen MR) is 61.5 cm³/mol. The number of hydrogen-bond donors (Lipinski definition) is 2. The number of hydrogen-bond acceptors (Lipinski definition) is 3. The number of carbonyl (C=O) groups excluding carboxylic acids is 1. The summed E-state index contributed by atoms with van der Waals surface area (Å²) in [6.07, 6.45) is 0. The molecule has 0 aromatic carbocycles. The summed E-state index contributed by atoms with van der Waals surface area (Å²) in [6, 6.07) is 0.358. The van der Waals surface area contributed by atoms with Crippen molar-refractivity contribution < 1.29 is 4.79 Å². The van der Waals surface area contributed by atoms with E-state index < -0.39 is 0 Å². The van der Waals surface area contributed by atoms with Gasteiger partial charge in [-0.05, 0) is 19.8 Å². The van der Waals surface area contributed by atoms with Gasteiger partial charge in [0.1, 0.15) is 0 Å². The Morgan fingerprint density at radius 2 is 1.80 bits per heavy atom. The first kappa shape index (κ1) is 12.5. The highest BCUT2D eigenvalue weighted by atomic mass is 16.2. The number of nitrogens with one attached hydrogen (secondary N) is 1. The molecule has 88 valence electrons. The summed E-state index contributed by atoms with van der Waals surface area (Å²) in [5, 5.41) is 3.40. The van der Waals surface area contributed by atoms with Crippen LogP contribution in [0.5, 0.6) is 0 Å². The topological polar surface area (TPSA) is 58.4 Å². The van der Waals surface area contributed by atoms with Gasteiger partial charge in [-0.1, -0.05) is 13.8 Å². The lowest BCUT2D eigenvalue weighted by Gasteiger charge is -2.37. The fourth-order valence-corrected chi connectivity index (χ4v) is 2.00. The van der Waals surface area contributed by atoms with Crippen LogP contribution in [0, 0.1) is 5.92 Å². The van der Waals surface area contributed by atoms with E-state index in [1.807, 2.05) is 18.7 Å². The maximum absolute atomic E-state index is 12.0. The van der Waals surface area contributed by atoms with Crippen molar-refractivity contribution in [1.29, 1.82) is 0 Å². The van der Waals surface area contributed by atoms with Gasteiger partial charge < -0.3 is 16.0 Å². The van der Waals surface area contributed by atoms with Crippen molar-refractivity contribution in [2.24, 2.45) is 11.7 Å². The number of rotatable bonds is 2. The zero-order chi connectivity index (χ0) is 11.6. The second-order valence-electron chi connectivity index (χ2n) is 4.98. The van der Waals surface area contributed by atoms with Gasteiger partial charge in [0.25, 0.3) is 0 Å². The van der Waals surface area contributed by atoms with Crippen molar-refractivity contribution in [1.82, 2.24) is 10.2 Å². The van der Waals surface area contributed by atoms with E-state index in [-0.39, 0.29) is 17.9 Å². The maximum atomic E-state index is 12.0. The predicted octanol–water partition coefficient (Wildman–Crippen LogP) is 0.179. The minimum atomic E-state index is -0.359. The molecule has 0 aromatic rings. The largest absolute Gasteiger partial charge is 0.338 e. The Kier molecular flexibility index (Phi) is 4.11. The number of nitrogens with two attached hydrogens (primary N) is 1. The third-order valence-corrected chi connectivity index (χ3v) is 2.87. The second-order valence-corrected chi connectivity index (χ2v) is 4.98. The van der Waals surface area contributed by atoms with E-state index in [1.54, 1.807) is 0 Å². The van der Waals surface area contributed by atoms with Crippen LogP contribution in [0.2, 0.25) is 0 Å². The van der Waals surface area contributed by atoms with Gasteiger partial charge in [-0.3, -0.25) is 4.79 Å². The zero-order valence-corrected chi connectivity index (χ0v) is 10.2. The zero-order valence-electron chi connectivity index (χ0n) is 10.2. The molecule has 3 atom stereocenters. The summed E-state index contributed by atoms with van der Waals surface area (Å²) in [6.45, 7) is 9.69. The minimum absolute atomic E-state index is 0.0881. The number of nitrogens with zero attached hydrogens (tertiary/aromatic N) is 1. The Labute approximate surface area is 92.2 Å². The smallest absolute Gasteiger partial charge is 0.239 e. The SMILES string of the molecule is CC1CN(C(=O)C(N)C(C)C)CC(C)N1.